The number of hydrogen-bond acceptors (Lipinski definition) is 2. The third kappa shape index (κ3) is 2.43. The van der Waals surface area contributed by atoms with Gasteiger partial charge in [-0.2, -0.15) is 0 Å². The lowest BCUT2D eigenvalue weighted by Gasteiger charge is -2.35. The molecular formula is C16H20N2O2. The fourth-order valence-electron chi connectivity index (χ4n) is 2.87. The Morgan fingerprint density at radius 2 is 1.95 bits per heavy atom. The molecular weight excluding hydrogens is 252 g/mol. The highest BCUT2D eigenvalue weighted by molar-refractivity contribution is 5.98. The summed E-state index contributed by atoms with van der Waals surface area (Å²) in [6.07, 6.45) is 0.184. The van der Waals surface area contributed by atoms with Gasteiger partial charge in [-0.3, -0.25) is 4.79 Å². The lowest BCUT2D eigenvalue weighted by Crippen LogP contribution is -2.48. The molecule has 20 heavy (non-hydrogen) atoms. The van der Waals surface area contributed by atoms with Crippen LogP contribution in [0.1, 0.15) is 29.9 Å². The largest absolute Gasteiger partial charge is 0.372 e. The van der Waals surface area contributed by atoms with E-state index in [9.17, 15) is 4.79 Å². The lowest BCUT2D eigenvalue weighted by molar-refractivity contribution is -0.0587. The number of H-pyrrole nitrogens is 1. The highest BCUT2D eigenvalue weighted by Gasteiger charge is 2.27. The highest BCUT2D eigenvalue weighted by Crippen LogP contribution is 2.19. The van der Waals surface area contributed by atoms with Crippen molar-refractivity contribution in [2.24, 2.45) is 0 Å². The van der Waals surface area contributed by atoms with Gasteiger partial charge in [-0.25, -0.2) is 0 Å². The average Bonchev–Trinajstić information content (AvgIpc) is 2.79. The molecule has 0 bridgehead atoms. The number of aromatic amines is 1. The third-order valence-electron chi connectivity index (χ3n) is 3.72. The second-order valence-corrected chi connectivity index (χ2v) is 5.74. The van der Waals surface area contributed by atoms with E-state index in [-0.39, 0.29) is 18.1 Å². The number of benzene rings is 1. The Bertz CT molecular complexity index is 637. The fraction of sp³-hybridized carbons (Fsp3) is 0.438. The van der Waals surface area contributed by atoms with E-state index in [0.29, 0.717) is 18.8 Å². The lowest BCUT2D eigenvalue weighted by atomic mass is 10.2. The summed E-state index contributed by atoms with van der Waals surface area (Å²) in [4.78, 5) is 17.7. The van der Waals surface area contributed by atoms with E-state index in [4.69, 9.17) is 4.74 Å². The van der Waals surface area contributed by atoms with Gasteiger partial charge in [0.05, 0.1) is 12.2 Å². The number of morpholine rings is 1. The number of rotatable bonds is 1. The van der Waals surface area contributed by atoms with Crippen molar-refractivity contribution in [3.05, 3.63) is 35.5 Å². The second-order valence-electron chi connectivity index (χ2n) is 5.74. The minimum atomic E-state index is 0.0563. The molecule has 1 saturated heterocycles. The number of aromatic nitrogens is 1. The molecule has 2 unspecified atom stereocenters. The molecule has 2 aromatic rings. The van der Waals surface area contributed by atoms with Crippen LogP contribution in [0.3, 0.4) is 0 Å². The molecule has 3 rings (SSSR count). The van der Waals surface area contributed by atoms with Gasteiger partial charge in [-0.15, -0.1) is 0 Å². The van der Waals surface area contributed by atoms with Gasteiger partial charge in [0.2, 0.25) is 0 Å². The maximum atomic E-state index is 12.6. The first kappa shape index (κ1) is 13.2. The Balaban J connectivity index is 1.88. The Labute approximate surface area is 118 Å². The van der Waals surface area contributed by atoms with Crippen molar-refractivity contribution in [3.63, 3.8) is 0 Å². The molecule has 2 heterocycles. The number of amides is 1. The van der Waals surface area contributed by atoms with E-state index in [0.717, 1.165) is 10.9 Å². The van der Waals surface area contributed by atoms with Crippen LogP contribution in [0.4, 0.5) is 0 Å². The summed E-state index contributed by atoms with van der Waals surface area (Å²) in [6, 6.07) is 8.10. The Morgan fingerprint density at radius 1 is 1.25 bits per heavy atom. The Morgan fingerprint density at radius 3 is 2.65 bits per heavy atom. The molecule has 1 amide bonds. The molecule has 1 fully saturated rings. The zero-order valence-corrected chi connectivity index (χ0v) is 12.1. The van der Waals surface area contributed by atoms with Gasteiger partial charge < -0.3 is 14.6 Å². The number of fused-ring (bicyclic) bond motifs is 1. The molecule has 0 radical (unpaired) electrons. The zero-order chi connectivity index (χ0) is 14.3. The van der Waals surface area contributed by atoms with Crippen LogP contribution in [-0.4, -0.2) is 41.1 Å². The van der Waals surface area contributed by atoms with Gasteiger partial charge in [-0.05, 0) is 38.5 Å². The first-order valence-electron chi connectivity index (χ1n) is 7.07. The standard InChI is InChI=1S/C16H20N2O2/c1-10-4-5-13-7-15(17-14(13)6-10)16(19)18-8-11(2)20-12(3)9-18/h4-7,11-12,17H,8-9H2,1-3H3. The van der Waals surface area contributed by atoms with Crippen molar-refractivity contribution >= 4 is 16.8 Å². The summed E-state index contributed by atoms with van der Waals surface area (Å²) in [5.41, 5.74) is 2.86. The van der Waals surface area contributed by atoms with E-state index < -0.39 is 0 Å². The molecule has 0 saturated carbocycles. The van der Waals surface area contributed by atoms with E-state index in [2.05, 4.69) is 17.1 Å². The van der Waals surface area contributed by atoms with Gasteiger partial charge in [-0.1, -0.05) is 12.1 Å². The van der Waals surface area contributed by atoms with Crippen LogP contribution in [0, 0.1) is 6.92 Å². The Kier molecular flexibility index (Phi) is 3.26. The van der Waals surface area contributed by atoms with Crippen molar-refractivity contribution in [2.75, 3.05) is 13.1 Å². The van der Waals surface area contributed by atoms with Crippen molar-refractivity contribution < 1.29 is 9.53 Å². The van der Waals surface area contributed by atoms with Gasteiger partial charge >= 0.3 is 0 Å². The van der Waals surface area contributed by atoms with E-state index in [1.165, 1.54) is 5.56 Å². The average molecular weight is 272 g/mol. The summed E-state index contributed by atoms with van der Waals surface area (Å²) in [7, 11) is 0. The number of carbonyl (C=O) groups is 1. The summed E-state index contributed by atoms with van der Waals surface area (Å²) in [5, 5.41) is 1.08. The van der Waals surface area contributed by atoms with Crippen LogP contribution >= 0.6 is 0 Å². The summed E-state index contributed by atoms with van der Waals surface area (Å²) >= 11 is 0. The first-order chi connectivity index (χ1) is 9.52. The van der Waals surface area contributed by atoms with E-state index in [1.807, 2.05) is 37.8 Å². The molecule has 4 nitrogen and oxygen atoms in total. The van der Waals surface area contributed by atoms with Crippen LogP contribution in [0.15, 0.2) is 24.3 Å². The molecule has 1 N–H and O–H groups in total. The predicted molar refractivity (Wildman–Crippen MR) is 78.9 cm³/mol. The smallest absolute Gasteiger partial charge is 0.270 e. The number of nitrogens with zero attached hydrogens (tertiary/aromatic N) is 1. The summed E-state index contributed by atoms with van der Waals surface area (Å²) in [5.74, 6) is 0.0563. The number of carbonyl (C=O) groups excluding carboxylic acids is 1. The molecule has 0 spiro atoms. The maximum Gasteiger partial charge on any atom is 0.270 e. The quantitative estimate of drug-likeness (QED) is 0.867. The second kappa shape index (κ2) is 4.94. The predicted octanol–water partition coefficient (Wildman–Crippen LogP) is 2.73. The number of aryl methyl sites for hydroxylation is 1. The molecule has 4 heteroatoms. The third-order valence-corrected chi connectivity index (χ3v) is 3.72. The highest BCUT2D eigenvalue weighted by atomic mass is 16.5. The van der Waals surface area contributed by atoms with Crippen molar-refractivity contribution in [1.29, 1.82) is 0 Å². The SMILES string of the molecule is Cc1ccc2cc(C(=O)N3CC(C)OC(C)C3)[nH]c2c1. The van der Waals surface area contributed by atoms with Gasteiger partial charge in [0.1, 0.15) is 5.69 Å². The fourth-order valence-corrected chi connectivity index (χ4v) is 2.87. The topological polar surface area (TPSA) is 45.3 Å². The molecule has 2 atom stereocenters. The Hall–Kier alpha value is -1.81. The van der Waals surface area contributed by atoms with Crippen LogP contribution in [0.5, 0.6) is 0 Å². The van der Waals surface area contributed by atoms with E-state index in [1.54, 1.807) is 0 Å². The number of ether oxygens (including phenoxy) is 1. The number of nitrogens with one attached hydrogen (secondary N) is 1. The van der Waals surface area contributed by atoms with Gasteiger partial charge in [0.15, 0.2) is 0 Å². The minimum absolute atomic E-state index is 0.0563. The van der Waals surface area contributed by atoms with Crippen molar-refractivity contribution in [3.8, 4) is 0 Å². The maximum absolute atomic E-state index is 12.6. The molecule has 1 aliphatic heterocycles. The van der Waals surface area contributed by atoms with Crippen molar-refractivity contribution in [1.82, 2.24) is 9.88 Å². The zero-order valence-electron chi connectivity index (χ0n) is 12.1. The van der Waals surface area contributed by atoms with Gasteiger partial charge in [0, 0.05) is 24.0 Å². The van der Waals surface area contributed by atoms with E-state index >= 15 is 0 Å². The monoisotopic (exact) mass is 272 g/mol. The van der Waals surface area contributed by atoms with Crippen molar-refractivity contribution in [2.45, 2.75) is 33.0 Å². The molecule has 106 valence electrons. The summed E-state index contributed by atoms with van der Waals surface area (Å²) < 4.78 is 5.67. The van der Waals surface area contributed by atoms with Crippen LogP contribution in [0.2, 0.25) is 0 Å². The van der Waals surface area contributed by atoms with Crippen LogP contribution in [0.25, 0.3) is 10.9 Å². The molecule has 1 aromatic carbocycles. The van der Waals surface area contributed by atoms with Gasteiger partial charge in [0.25, 0.3) is 5.91 Å². The van der Waals surface area contributed by atoms with Crippen LogP contribution in [-0.2, 0) is 4.74 Å². The summed E-state index contributed by atoms with van der Waals surface area (Å²) in [6.45, 7) is 7.36. The normalized spacial score (nSPS) is 23.2. The first-order valence-corrected chi connectivity index (χ1v) is 7.07. The molecule has 1 aromatic heterocycles. The molecule has 1 aliphatic rings. The molecule has 0 aliphatic carbocycles. The number of hydrogen-bond donors (Lipinski definition) is 1. The van der Waals surface area contributed by atoms with Crippen LogP contribution < -0.4 is 0 Å². The minimum Gasteiger partial charge on any atom is -0.372 e.